The number of carboxylic acid groups (broad SMARTS) is 1. The predicted octanol–water partition coefficient (Wildman–Crippen LogP) is 2.99. The molecule has 0 unspecified atom stereocenters. The molecule has 1 aromatic carbocycles. The van der Waals surface area contributed by atoms with E-state index in [0.29, 0.717) is 11.3 Å². The molecule has 5 nitrogen and oxygen atoms in total. The van der Waals surface area contributed by atoms with Gasteiger partial charge in [0.1, 0.15) is 4.21 Å². The van der Waals surface area contributed by atoms with E-state index < -0.39 is 22.0 Å². The third-order valence-corrected chi connectivity index (χ3v) is 6.48. The van der Waals surface area contributed by atoms with E-state index >= 15 is 0 Å². The zero-order chi connectivity index (χ0) is 18.4. The van der Waals surface area contributed by atoms with Crippen LogP contribution in [0.3, 0.4) is 0 Å². The fraction of sp³-hybridized carbons (Fsp3) is 0.278. The molecule has 0 saturated heterocycles. The maximum atomic E-state index is 12.4. The second-order valence-corrected chi connectivity index (χ2v) is 8.58. The average Bonchev–Trinajstić information content (AvgIpc) is 3.03. The topological polar surface area (TPSA) is 83.5 Å². The van der Waals surface area contributed by atoms with Crippen LogP contribution in [0.1, 0.15) is 35.8 Å². The maximum absolute atomic E-state index is 12.4. The van der Waals surface area contributed by atoms with Gasteiger partial charge in [0, 0.05) is 11.6 Å². The Morgan fingerprint density at radius 1 is 1.20 bits per heavy atom. The van der Waals surface area contributed by atoms with Crippen LogP contribution in [0.4, 0.5) is 0 Å². The standard InChI is InChI=1S/C18H19NO4S2/c1-3-15(12-17(20)21)19-25(22,23)18-11-10-16(24-18)9-8-14-6-4-13(2)5-7-14/h4-7,10-11,15,19H,3,12H2,1-2H3,(H,20,21)/t15-/m0/s1. The molecule has 2 aromatic rings. The Morgan fingerprint density at radius 3 is 2.48 bits per heavy atom. The number of aliphatic carboxylic acids is 1. The molecule has 7 heteroatoms. The molecule has 0 bridgehead atoms. The third-order valence-electron chi connectivity index (χ3n) is 3.46. The Bertz CT molecular complexity index is 903. The first kappa shape index (κ1) is 19.2. The molecule has 0 fully saturated rings. The number of nitrogens with one attached hydrogen (secondary N) is 1. The summed E-state index contributed by atoms with van der Waals surface area (Å²) in [4.78, 5) is 11.4. The van der Waals surface area contributed by atoms with Crippen LogP contribution in [0.15, 0.2) is 40.6 Å². The molecule has 2 N–H and O–H groups in total. The minimum atomic E-state index is -3.75. The van der Waals surface area contributed by atoms with Gasteiger partial charge in [0.25, 0.3) is 0 Å². The summed E-state index contributed by atoms with van der Waals surface area (Å²) in [6.45, 7) is 3.73. The van der Waals surface area contributed by atoms with Gasteiger partial charge in [0.2, 0.25) is 10.0 Å². The van der Waals surface area contributed by atoms with Gasteiger partial charge in [-0.25, -0.2) is 13.1 Å². The van der Waals surface area contributed by atoms with Crippen molar-refractivity contribution in [2.24, 2.45) is 0 Å². The predicted molar refractivity (Wildman–Crippen MR) is 98.1 cm³/mol. The van der Waals surface area contributed by atoms with Crippen molar-refractivity contribution in [3.05, 3.63) is 52.4 Å². The molecule has 0 aliphatic heterocycles. The van der Waals surface area contributed by atoms with Gasteiger partial charge in [-0.05, 0) is 37.6 Å². The monoisotopic (exact) mass is 377 g/mol. The summed E-state index contributed by atoms with van der Waals surface area (Å²) >= 11 is 1.06. The molecule has 0 aliphatic rings. The number of carboxylic acids is 1. The Morgan fingerprint density at radius 2 is 1.88 bits per heavy atom. The van der Waals surface area contributed by atoms with Gasteiger partial charge in [-0.1, -0.05) is 36.5 Å². The van der Waals surface area contributed by atoms with Crippen molar-refractivity contribution < 1.29 is 18.3 Å². The first-order valence-electron chi connectivity index (χ1n) is 7.73. The quantitative estimate of drug-likeness (QED) is 0.758. The Balaban J connectivity index is 2.14. The van der Waals surface area contributed by atoms with E-state index in [-0.39, 0.29) is 10.6 Å². The molecular weight excluding hydrogens is 358 g/mol. The maximum Gasteiger partial charge on any atom is 0.304 e. The van der Waals surface area contributed by atoms with Gasteiger partial charge < -0.3 is 5.11 Å². The highest BCUT2D eigenvalue weighted by Gasteiger charge is 2.22. The lowest BCUT2D eigenvalue weighted by atomic mass is 10.1. The number of rotatable bonds is 6. The van der Waals surface area contributed by atoms with Crippen molar-refractivity contribution in [3.8, 4) is 11.8 Å². The Hall–Kier alpha value is -2.14. The summed E-state index contributed by atoms with van der Waals surface area (Å²) in [5.41, 5.74) is 2.00. The minimum Gasteiger partial charge on any atom is -0.481 e. The Kier molecular flexibility index (Phi) is 6.37. The van der Waals surface area contributed by atoms with E-state index in [1.165, 1.54) is 6.07 Å². The third kappa shape index (κ3) is 5.71. The largest absolute Gasteiger partial charge is 0.481 e. The van der Waals surface area contributed by atoms with E-state index in [1.54, 1.807) is 13.0 Å². The van der Waals surface area contributed by atoms with Crippen LogP contribution in [-0.2, 0) is 14.8 Å². The summed E-state index contributed by atoms with van der Waals surface area (Å²) in [5.74, 6) is 4.92. The molecular formula is C18H19NO4S2. The lowest BCUT2D eigenvalue weighted by Crippen LogP contribution is -2.35. The molecule has 0 amide bonds. The lowest BCUT2D eigenvalue weighted by Gasteiger charge is -2.13. The van der Waals surface area contributed by atoms with Gasteiger partial charge in [-0.3, -0.25) is 4.79 Å². The van der Waals surface area contributed by atoms with Crippen molar-refractivity contribution in [2.75, 3.05) is 0 Å². The van der Waals surface area contributed by atoms with Crippen LogP contribution in [0, 0.1) is 18.8 Å². The summed E-state index contributed by atoms with van der Waals surface area (Å²) in [5, 5.41) is 8.83. The van der Waals surface area contributed by atoms with E-state index in [1.807, 2.05) is 31.2 Å². The van der Waals surface area contributed by atoms with Crippen LogP contribution in [-0.4, -0.2) is 25.5 Å². The van der Waals surface area contributed by atoms with Crippen molar-refractivity contribution in [2.45, 2.75) is 36.9 Å². The zero-order valence-corrected chi connectivity index (χ0v) is 15.6. The van der Waals surface area contributed by atoms with Crippen LogP contribution in [0.2, 0.25) is 0 Å². The van der Waals surface area contributed by atoms with Gasteiger partial charge >= 0.3 is 5.97 Å². The zero-order valence-electron chi connectivity index (χ0n) is 13.9. The van der Waals surface area contributed by atoms with Crippen LogP contribution in [0.5, 0.6) is 0 Å². The molecule has 0 spiro atoms. The molecule has 25 heavy (non-hydrogen) atoms. The first-order chi connectivity index (χ1) is 11.8. The van der Waals surface area contributed by atoms with Crippen LogP contribution >= 0.6 is 11.3 Å². The number of carbonyl (C=O) groups is 1. The minimum absolute atomic E-state index is 0.129. The second-order valence-electron chi connectivity index (χ2n) is 5.56. The molecule has 1 aromatic heterocycles. The van der Waals surface area contributed by atoms with Crippen molar-refractivity contribution in [1.82, 2.24) is 4.72 Å². The highest BCUT2D eigenvalue weighted by atomic mass is 32.2. The number of sulfonamides is 1. The van der Waals surface area contributed by atoms with E-state index in [2.05, 4.69) is 16.6 Å². The SMILES string of the molecule is CC[C@@H](CC(=O)O)NS(=O)(=O)c1ccc(C#Cc2ccc(C)cc2)s1. The smallest absolute Gasteiger partial charge is 0.304 e. The van der Waals surface area contributed by atoms with Crippen molar-refractivity contribution in [1.29, 1.82) is 0 Å². The molecule has 2 rings (SSSR count). The van der Waals surface area contributed by atoms with Gasteiger partial charge in [0.05, 0.1) is 11.3 Å². The van der Waals surface area contributed by atoms with E-state index in [9.17, 15) is 13.2 Å². The molecule has 0 radical (unpaired) electrons. The van der Waals surface area contributed by atoms with Gasteiger partial charge in [-0.15, -0.1) is 11.3 Å². The second kappa shape index (κ2) is 8.30. The number of thiophene rings is 1. The van der Waals surface area contributed by atoms with Crippen molar-refractivity contribution in [3.63, 3.8) is 0 Å². The van der Waals surface area contributed by atoms with Crippen LogP contribution < -0.4 is 4.72 Å². The summed E-state index contributed by atoms with van der Waals surface area (Å²) in [6.07, 6.45) is 0.151. The number of aryl methyl sites for hydroxylation is 1. The van der Waals surface area contributed by atoms with Crippen molar-refractivity contribution >= 4 is 27.3 Å². The summed E-state index contributed by atoms with van der Waals surface area (Å²) in [7, 11) is -3.75. The van der Waals surface area contributed by atoms with E-state index in [4.69, 9.17) is 5.11 Å². The van der Waals surface area contributed by atoms with Gasteiger partial charge in [0.15, 0.2) is 0 Å². The van der Waals surface area contributed by atoms with E-state index in [0.717, 1.165) is 22.5 Å². The summed E-state index contributed by atoms with van der Waals surface area (Å²) < 4.78 is 27.3. The van der Waals surface area contributed by atoms with Gasteiger partial charge in [-0.2, -0.15) is 0 Å². The molecule has 1 heterocycles. The fourth-order valence-corrected chi connectivity index (χ4v) is 4.56. The number of benzene rings is 1. The highest BCUT2D eigenvalue weighted by molar-refractivity contribution is 7.91. The number of hydrogen-bond acceptors (Lipinski definition) is 4. The molecule has 132 valence electrons. The first-order valence-corrected chi connectivity index (χ1v) is 10.0. The average molecular weight is 377 g/mol. The lowest BCUT2D eigenvalue weighted by molar-refractivity contribution is -0.137. The number of hydrogen-bond donors (Lipinski definition) is 2. The Labute approximate surface area is 151 Å². The van der Waals surface area contributed by atoms with Crippen LogP contribution in [0.25, 0.3) is 0 Å². The fourth-order valence-electron chi connectivity index (χ4n) is 2.06. The molecule has 0 saturated carbocycles. The highest BCUT2D eigenvalue weighted by Crippen LogP contribution is 2.21. The molecule has 1 atom stereocenters. The summed E-state index contributed by atoms with van der Waals surface area (Å²) in [6, 6.07) is 10.3. The molecule has 0 aliphatic carbocycles. The normalized spacial score (nSPS) is 12.2.